The predicted octanol–water partition coefficient (Wildman–Crippen LogP) is 3.22. The largest absolute Gasteiger partial charge is 0.493 e. The van der Waals surface area contributed by atoms with Crippen molar-refractivity contribution in [3.63, 3.8) is 0 Å². The lowest BCUT2D eigenvalue weighted by Crippen LogP contribution is -2.05. The summed E-state index contributed by atoms with van der Waals surface area (Å²) in [5.74, 6) is 1.45. The molecule has 0 aliphatic heterocycles. The number of nitrogens with two attached hydrogens (primary N) is 1. The number of benzene rings is 1. The average Bonchev–Trinajstić information content (AvgIpc) is 2.17. The molecule has 0 aliphatic rings. The number of hydrogen-bond donors (Lipinski definition) is 1. The summed E-state index contributed by atoms with van der Waals surface area (Å²) in [5.41, 5.74) is 6.61. The fourth-order valence-corrected chi connectivity index (χ4v) is 1.40. The highest BCUT2D eigenvalue weighted by Crippen LogP contribution is 2.23. The Labute approximate surface area is 96.4 Å². The minimum absolute atomic E-state index is 0.480. The van der Waals surface area contributed by atoms with Gasteiger partial charge in [-0.2, -0.15) is 0 Å². The molecule has 15 heavy (non-hydrogen) atoms. The van der Waals surface area contributed by atoms with Crippen LogP contribution in [0.1, 0.15) is 25.8 Å². The van der Waals surface area contributed by atoms with Gasteiger partial charge in [-0.3, -0.25) is 0 Å². The first-order valence-electron chi connectivity index (χ1n) is 5.24. The Morgan fingerprint density at radius 1 is 1.40 bits per heavy atom. The van der Waals surface area contributed by atoms with E-state index in [9.17, 15) is 0 Å². The van der Waals surface area contributed by atoms with E-state index in [4.69, 9.17) is 22.1 Å². The lowest BCUT2D eigenvalue weighted by atomic mass is 10.1. The molecule has 2 N–H and O–H groups in total. The Hall–Kier alpha value is -0.730. The lowest BCUT2D eigenvalue weighted by molar-refractivity contribution is 0.287. The maximum atomic E-state index is 5.89. The summed E-state index contributed by atoms with van der Waals surface area (Å²) < 4.78 is 5.66. The predicted molar refractivity (Wildman–Crippen MR) is 64.3 cm³/mol. The molecule has 0 spiro atoms. The van der Waals surface area contributed by atoms with Crippen molar-refractivity contribution >= 4 is 11.6 Å². The van der Waals surface area contributed by atoms with E-state index in [1.165, 1.54) is 0 Å². The summed E-state index contributed by atoms with van der Waals surface area (Å²) in [6.07, 6.45) is 1.04. The monoisotopic (exact) mass is 227 g/mol. The van der Waals surface area contributed by atoms with Gasteiger partial charge >= 0.3 is 0 Å². The highest BCUT2D eigenvalue weighted by Gasteiger charge is 2.03. The average molecular weight is 228 g/mol. The first kappa shape index (κ1) is 12.3. The topological polar surface area (TPSA) is 35.2 Å². The van der Waals surface area contributed by atoms with Crippen molar-refractivity contribution in [3.05, 3.63) is 28.8 Å². The van der Waals surface area contributed by atoms with Crippen molar-refractivity contribution in [3.8, 4) is 5.75 Å². The summed E-state index contributed by atoms with van der Waals surface area (Å²) >= 11 is 5.89. The molecule has 2 nitrogen and oxygen atoms in total. The van der Waals surface area contributed by atoms with Crippen molar-refractivity contribution in [2.45, 2.75) is 26.8 Å². The minimum Gasteiger partial charge on any atom is -0.493 e. The zero-order chi connectivity index (χ0) is 11.3. The molecule has 0 amide bonds. The van der Waals surface area contributed by atoms with Gasteiger partial charge in [0.2, 0.25) is 0 Å². The molecule has 84 valence electrons. The van der Waals surface area contributed by atoms with E-state index in [0.29, 0.717) is 24.1 Å². The molecule has 0 fully saturated rings. The molecule has 0 aliphatic carbocycles. The van der Waals surface area contributed by atoms with Gasteiger partial charge in [0.15, 0.2) is 0 Å². The van der Waals surface area contributed by atoms with E-state index in [1.54, 1.807) is 0 Å². The van der Waals surface area contributed by atoms with Crippen molar-refractivity contribution in [1.29, 1.82) is 0 Å². The summed E-state index contributed by atoms with van der Waals surface area (Å²) in [6.45, 7) is 5.54. The third-order valence-electron chi connectivity index (χ3n) is 2.20. The smallest absolute Gasteiger partial charge is 0.125 e. The lowest BCUT2D eigenvalue weighted by Gasteiger charge is -2.11. The van der Waals surface area contributed by atoms with Crippen LogP contribution in [0.15, 0.2) is 18.2 Å². The quantitative estimate of drug-likeness (QED) is 0.838. The van der Waals surface area contributed by atoms with Crippen LogP contribution in [0.2, 0.25) is 5.02 Å². The highest BCUT2D eigenvalue weighted by molar-refractivity contribution is 6.30. The van der Waals surface area contributed by atoms with Crippen LogP contribution in [0, 0.1) is 5.92 Å². The van der Waals surface area contributed by atoms with Crippen LogP contribution in [0.4, 0.5) is 0 Å². The van der Waals surface area contributed by atoms with Crippen LogP contribution in [0.25, 0.3) is 0 Å². The van der Waals surface area contributed by atoms with Gasteiger partial charge < -0.3 is 10.5 Å². The van der Waals surface area contributed by atoms with Crippen molar-refractivity contribution in [1.82, 2.24) is 0 Å². The molecular formula is C12H18ClNO. The summed E-state index contributed by atoms with van der Waals surface area (Å²) in [6, 6.07) is 5.57. The first-order valence-corrected chi connectivity index (χ1v) is 5.62. The van der Waals surface area contributed by atoms with E-state index < -0.39 is 0 Å². The van der Waals surface area contributed by atoms with Crippen LogP contribution in [-0.2, 0) is 6.54 Å². The number of ether oxygens (including phenoxy) is 1. The van der Waals surface area contributed by atoms with Crippen molar-refractivity contribution < 1.29 is 4.74 Å². The first-order chi connectivity index (χ1) is 7.13. The Morgan fingerprint density at radius 3 is 2.73 bits per heavy atom. The molecule has 0 unspecified atom stereocenters. The van der Waals surface area contributed by atoms with Gasteiger partial charge in [0, 0.05) is 17.1 Å². The molecule has 0 bridgehead atoms. The SMILES string of the molecule is CC(C)CCOc1cc(Cl)ccc1CN. The van der Waals surface area contributed by atoms with Crippen LogP contribution >= 0.6 is 11.6 Å². The van der Waals surface area contributed by atoms with Gasteiger partial charge in [0.25, 0.3) is 0 Å². The van der Waals surface area contributed by atoms with Crippen LogP contribution in [0.3, 0.4) is 0 Å². The molecule has 0 heterocycles. The maximum absolute atomic E-state index is 5.89. The minimum atomic E-state index is 0.480. The molecule has 0 saturated carbocycles. The fourth-order valence-electron chi connectivity index (χ4n) is 1.24. The Kier molecular flexibility index (Phi) is 4.92. The second-order valence-electron chi connectivity index (χ2n) is 3.99. The Balaban J connectivity index is 2.62. The van der Waals surface area contributed by atoms with E-state index in [0.717, 1.165) is 17.7 Å². The summed E-state index contributed by atoms with van der Waals surface area (Å²) in [5, 5.41) is 0.687. The Bertz CT molecular complexity index is 312. The standard InChI is InChI=1S/C12H18ClNO/c1-9(2)5-6-15-12-7-11(13)4-3-10(12)8-14/h3-4,7,9H,5-6,8,14H2,1-2H3. The molecule has 0 saturated heterocycles. The summed E-state index contributed by atoms with van der Waals surface area (Å²) in [4.78, 5) is 0. The van der Waals surface area contributed by atoms with Gasteiger partial charge in [-0.1, -0.05) is 31.5 Å². The third kappa shape index (κ3) is 4.10. The second kappa shape index (κ2) is 5.99. The van der Waals surface area contributed by atoms with Crippen molar-refractivity contribution in [2.75, 3.05) is 6.61 Å². The van der Waals surface area contributed by atoms with E-state index in [2.05, 4.69) is 13.8 Å². The van der Waals surface area contributed by atoms with Gasteiger partial charge in [-0.25, -0.2) is 0 Å². The maximum Gasteiger partial charge on any atom is 0.125 e. The molecule has 0 atom stereocenters. The van der Waals surface area contributed by atoms with Crippen LogP contribution in [0.5, 0.6) is 5.75 Å². The normalized spacial score (nSPS) is 10.7. The van der Waals surface area contributed by atoms with Crippen LogP contribution in [-0.4, -0.2) is 6.61 Å². The zero-order valence-corrected chi connectivity index (χ0v) is 10.1. The molecule has 1 rings (SSSR count). The highest BCUT2D eigenvalue weighted by atomic mass is 35.5. The molecule has 3 heteroatoms. The number of rotatable bonds is 5. The summed E-state index contributed by atoms with van der Waals surface area (Å²) in [7, 11) is 0. The zero-order valence-electron chi connectivity index (χ0n) is 9.29. The number of hydrogen-bond acceptors (Lipinski definition) is 2. The van der Waals surface area contributed by atoms with Gasteiger partial charge in [0.05, 0.1) is 6.61 Å². The van der Waals surface area contributed by atoms with Gasteiger partial charge in [0.1, 0.15) is 5.75 Å². The van der Waals surface area contributed by atoms with E-state index in [-0.39, 0.29) is 0 Å². The van der Waals surface area contributed by atoms with Crippen LogP contribution < -0.4 is 10.5 Å². The molecule has 1 aromatic rings. The molecule has 0 radical (unpaired) electrons. The van der Waals surface area contributed by atoms with E-state index >= 15 is 0 Å². The Morgan fingerprint density at radius 2 is 2.13 bits per heavy atom. The van der Waals surface area contributed by atoms with Gasteiger partial charge in [-0.15, -0.1) is 0 Å². The molecular weight excluding hydrogens is 210 g/mol. The molecule has 1 aromatic carbocycles. The third-order valence-corrected chi connectivity index (χ3v) is 2.44. The van der Waals surface area contributed by atoms with Gasteiger partial charge in [-0.05, 0) is 24.5 Å². The number of halogens is 1. The fraction of sp³-hybridized carbons (Fsp3) is 0.500. The molecule has 0 aromatic heterocycles. The van der Waals surface area contributed by atoms with Crippen molar-refractivity contribution in [2.24, 2.45) is 11.7 Å². The second-order valence-corrected chi connectivity index (χ2v) is 4.42. The van der Waals surface area contributed by atoms with E-state index in [1.807, 2.05) is 18.2 Å².